The molecule has 2 N–H and O–H groups in total. The number of nitrogens with one attached hydrogen (secondary N) is 1. The number of aromatic carboxylic acids is 1. The first-order valence-corrected chi connectivity index (χ1v) is 6.85. The largest absolute Gasteiger partial charge is 0.478 e. The Hall–Kier alpha value is -2.56. The minimum Gasteiger partial charge on any atom is -0.478 e. The summed E-state index contributed by atoms with van der Waals surface area (Å²) in [5.74, 6) is -1.47. The lowest BCUT2D eigenvalue weighted by Gasteiger charge is -2.25. The van der Waals surface area contributed by atoms with Crippen molar-refractivity contribution in [1.29, 1.82) is 0 Å². The van der Waals surface area contributed by atoms with Gasteiger partial charge in [0.15, 0.2) is 5.76 Å². The molecule has 0 bridgehead atoms. The normalized spacial score (nSPS) is 17.0. The van der Waals surface area contributed by atoms with Gasteiger partial charge in [-0.1, -0.05) is 24.3 Å². The Morgan fingerprint density at radius 2 is 2.10 bits per heavy atom. The second-order valence-corrected chi connectivity index (χ2v) is 5.12. The van der Waals surface area contributed by atoms with Crippen molar-refractivity contribution in [3.63, 3.8) is 0 Å². The van der Waals surface area contributed by atoms with Crippen molar-refractivity contribution in [3.05, 3.63) is 59.0 Å². The topological polar surface area (TPSA) is 79.5 Å². The molecule has 1 amide bonds. The standard InChI is InChI=1S/C16H15NO4/c18-15(14-8-11(9-21-14)16(19)20)17-13-7-3-5-10-4-1-2-6-12(10)13/h1-2,4,6,8-9,13H,3,5,7H2,(H,17,18)(H,19,20). The molecule has 0 saturated carbocycles. The molecule has 1 unspecified atom stereocenters. The highest BCUT2D eigenvalue weighted by atomic mass is 16.4. The van der Waals surface area contributed by atoms with Gasteiger partial charge in [0, 0.05) is 6.07 Å². The molecule has 0 fully saturated rings. The van der Waals surface area contributed by atoms with Gasteiger partial charge in [0.05, 0.1) is 11.6 Å². The monoisotopic (exact) mass is 285 g/mol. The molecule has 0 aliphatic heterocycles. The summed E-state index contributed by atoms with van der Waals surface area (Å²) < 4.78 is 5.02. The van der Waals surface area contributed by atoms with Crippen molar-refractivity contribution in [2.45, 2.75) is 25.3 Å². The van der Waals surface area contributed by atoms with Crippen molar-refractivity contribution in [2.75, 3.05) is 0 Å². The van der Waals surface area contributed by atoms with Crippen molar-refractivity contribution in [3.8, 4) is 0 Å². The first kappa shape index (κ1) is 13.4. The molecule has 0 radical (unpaired) electrons. The highest BCUT2D eigenvalue weighted by molar-refractivity contribution is 5.95. The molecule has 3 rings (SSSR count). The number of fused-ring (bicyclic) bond motifs is 1. The smallest absolute Gasteiger partial charge is 0.338 e. The number of hydrogen-bond donors (Lipinski definition) is 2. The van der Waals surface area contributed by atoms with E-state index in [0.717, 1.165) is 31.1 Å². The van der Waals surface area contributed by atoms with E-state index in [1.165, 1.54) is 11.6 Å². The van der Waals surface area contributed by atoms with E-state index in [9.17, 15) is 9.59 Å². The Bertz CT molecular complexity index is 689. The average molecular weight is 285 g/mol. The lowest BCUT2D eigenvalue weighted by molar-refractivity contribution is 0.0695. The Morgan fingerprint density at radius 1 is 1.29 bits per heavy atom. The van der Waals surface area contributed by atoms with Gasteiger partial charge in [0.1, 0.15) is 6.26 Å². The summed E-state index contributed by atoms with van der Waals surface area (Å²) in [6.07, 6.45) is 3.98. The zero-order valence-electron chi connectivity index (χ0n) is 11.3. The van der Waals surface area contributed by atoms with Crippen LogP contribution >= 0.6 is 0 Å². The second kappa shape index (κ2) is 5.44. The van der Waals surface area contributed by atoms with Crippen LogP contribution in [0.15, 0.2) is 41.0 Å². The lowest BCUT2D eigenvalue weighted by Crippen LogP contribution is -2.30. The number of benzene rings is 1. The minimum atomic E-state index is -1.11. The molecule has 1 heterocycles. The highest BCUT2D eigenvalue weighted by Crippen LogP contribution is 2.29. The fourth-order valence-corrected chi connectivity index (χ4v) is 2.70. The van der Waals surface area contributed by atoms with Crippen LogP contribution in [0.2, 0.25) is 0 Å². The fraction of sp³-hybridized carbons (Fsp3) is 0.250. The van der Waals surface area contributed by atoms with Crippen LogP contribution < -0.4 is 5.32 Å². The van der Waals surface area contributed by atoms with Crippen LogP contribution in [0.5, 0.6) is 0 Å². The van der Waals surface area contributed by atoms with Crippen LogP contribution in [0.3, 0.4) is 0 Å². The number of rotatable bonds is 3. The quantitative estimate of drug-likeness (QED) is 0.908. The van der Waals surface area contributed by atoms with Crippen LogP contribution in [0.1, 0.15) is 50.9 Å². The van der Waals surface area contributed by atoms with E-state index in [0.29, 0.717) is 0 Å². The van der Waals surface area contributed by atoms with Crippen LogP contribution in [0.25, 0.3) is 0 Å². The summed E-state index contributed by atoms with van der Waals surface area (Å²) in [7, 11) is 0. The predicted molar refractivity (Wildman–Crippen MR) is 75.3 cm³/mol. The maximum atomic E-state index is 12.2. The molecule has 1 aliphatic rings. The molecule has 1 aliphatic carbocycles. The van der Waals surface area contributed by atoms with E-state index in [1.54, 1.807) is 0 Å². The van der Waals surface area contributed by atoms with Gasteiger partial charge in [-0.05, 0) is 30.4 Å². The molecule has 5 heteroatoms. The maximum absolute atomic E-state index is 12.2. The third kappa shape index (κ3) is 2.67. The number of hydrogen-bond acceptors (Lipinski definition) is 3. The van der Waals surface area contributed by atoms with Gasteiger partial charge in [-0.25, -0.2) is 4.79 Å². The first-order valence-electron chi connectivity index (χ1n) is 6.85. The van der Waals surface area contributed by atoms with E-state index < -0.39 is 5.97 Å². The van der Waals surface area contributed by atoms with E-state index >= 15 is 0 Å². The summed E-state index contributed by atoms with van der Waals surface area (Å²) in [5.41, 5.74) is 2.35. The zero-order valence-corrected chi connectivity index (χ0v) is 11.3. The minimum absolute atomic E-state index is 0.0236. The number of amides is 1. The summed E-state index contributed by atoms with van der Waals surface area (Å²) in [4.78, 5) is 23.0. The lowest BCUT2D eigenvalue weighted by atomic mass is 9.88. The van der Waals surface area contributed by atoms with Gasteiger partial charge < -0.3 is 14.8 Å². The number of carboxylic acids is 1. The van der Waals surface area contributed by atoms with Crippen LogP contribution in [-0.4, -0.2) is 17.0 Å². The van der Waals surface area contributed by atoms with E-state index in [-0.39, 0.29) is 23.3 Å². The van der Waals surface area contributed by atoms with Gasteiger partial charge in [0.2, 0.25) is 0 Å². The molecular formula is C16H15NO4. The number of carbonyl (C=O) groups is 2. The van der Waals surface area contributed by atoms with Crippen LogP contribution in [0, 0.1) is 0 Å². The van der Waals surface area contributed by atoms with Gasteiger partial charge in [-0.3, -0.25) is 4.79 Å². The number of aryl methyl sites for hydroxylation is 1. The summed E-state index contributed by atoms with van der Waals surface area (Å²) in [6, 6.07) is 9.23. The molecule has 2 aromatic rings. The Labute approximate surface area is 121 Å². The van der Waals surface area contributed by atoms with Gasteiger partial charge in [0.25, 0.3) is 5.91 Å². The van der Waals surface area contributed by atoms with Crippen molar-refractivity contribution in [2.24, 2.45) is 0 Å². The van der Waals surface area contributed by atoms with E-state index in [4.69, 9.17) is 9.52 Å². The SMILES string of the molecule is O=C(O)c1coc(C(=O)NC2CCCc3ccccc32)c1. The number of furan rings is 1. The Morgan fingerprint density at radius 3 is 2.86 bits per heavy atom. The maximum Gasteiger partial charge on any atom is 0.338 e. The van der Waals surface area contributed by atoms with Crippen LogP contribution in [-0.2, 0) is 6.42 Å². The van der Waals surface area contributed by atoms with Crippen LogP contribution in [0.4, 0.5) is 0 Å². The summed E-state index contributed by atoms with van der Waals surface area (Å²) in [5, 5.41) is 11.8. The van der Waals surface area contributed by atoms with Crippen molar-refractivity contribution < 1.29 is 19.1 Å². The number of carboxylic acid groups (broad SMARTS) is 1. The Kier molecular flexibility index (Phi) is 3.48. The van der Waals surface area contributed by atoms with Gasteiger partial charge in [-0.15, -0.1) is 0 Å². The molecule has 0 spiro atoms. The molecule has 1 atom stereocenters. The molecule has 108 valence electrons. The first-order chi connectivity index (χ1) is 10.1. The van der Waals surface area contributed by atoms with Gasteiger partial charge >= 0.3 is 5.97 Å². The number of carbonyl (C=O) groups excluding carboxylic acids is 1. The third-order valence-electron chi connectivity index (χ3n) is 3.74. The van der Waals surface area contributed by atoms with Gasteiger partial charge in [-0.2, -0.15) is 0 Å². The molecule has 5 nitrogen and oxygen atoms in total. The molecule has 1 aromatic carbocycles. The summed E-state index contributed by atoms with van der Waals surface area (Å²) >= 11 is 0. The fourth-order valence-electron chi connectivity index (χ4n) is 2.70. The van der Waals surface area contributed by atoms with Crippen molar-refractivity contribution in [1.82, 2.24) is 5.32 Å². The second-order valence-electron chi connectivity index (χ2n) is 5.12. The van der Waals surface area contributed by atoms with E-state index in [1.807, 2.05) is 18.2 Å². The Balaban J connectivity index is 1.77. The molecular weight excluding hydrogens is 270 g/mol. The third-order valence-corrected chi connectivity index (χ3v) is 3.74. The molecule has 1 aromatic heterocycles. The molecule has 21 heavy (non-hydrogen) atoms. The highest BCUT2D eigenvalue weighted by Gasteiger charge is 2.23. The average Bonchev–Trinajstić information content (AvgIpc) is 2.98. The zero-order chi connectivity index (χ0) is 14.8. The predicted octanol–water partition coefficient (Wildman–Crippen LogP) is 2.79. The van der Waals surface area contributed by atoms with Crippen molar-refractivity contribution >= 4 is 11.9 Å². The van der Waals surface area contributed by atoms with E-state index in [2.05, 4.69) is 11.4 Å². The summed E-state index contributed by atoms with van der Waals surface area (Å²) in [6.45, 7) is 0. The molecule has 0 saturated heterocycles.